The second-order valence-electron chi connectivity index (χ2n) is 5.61. The highest BCUT2D eigenvalue weighted by atomic mass is 35.5. The highest BCUT2D eigenvalue weighted by Gasteiger charge is 2.17. The predicted molar refractivity (Wildman–Crippen MR) is 86.2 cm³/mol. The van der Waals surface area contributed by atoms with Crippen LogP contribution in [-0.2, 0) is 6.54 Å². The molecule has 0 bridgehead atoms. The number of thiazole rings is 1. The van der Waals surface area contributed by atoms with Gasteiger partial charge in [-0.25, -0.2) is 4.98 Å². The molecule has 0 amide bonds. The minimum atomic E-state index is 0.778. The van der Waals surface area contributed by atoms with Gasteiger partial charge in [-0.3, -0.25) is 4.90 Å². The lowest BCUT2D eigenvalue weighted by Crippen LogP contribution is -2.33. The van der Waals surface area contributed by atoms with Crippen LogP contribution in [0.5, 0.6) is 0 Å². The van der Waals surface area contributed by atoms with Crippen LogP contribution in [0.1, 0.15) is 25.5 Å². The Hall–Kier alpha value is -0.900. The Morgan fingerprint density at radius 3 is 3.05 bits per heavy atom. The summed E-state index contributed by atoms with van der Waals surface area (Å²) in [5.74, 6) is 0.811. The second-order valence-corrected chi connectivity index (χ2v) is 6.87. The SMILES string of the molecule is CC1CCCN(Cc2csc(-c3ccccc3Cl)n2)C1. The maximum atomic E-state index is 6.24. The molecule has 1 unspecified atom stereocenters. The van der Waals surface area contributed by atoms with Crippen LogP contribution in [0.2, 0.25) is 5.02 Å². The summed E-state index contributed by atoms with van der Waals surface area (Å²) in [5, 5.41) is 3.97. The highest BCUT2D eigenvalue weighted by molar-refractivity contribution is 7.13. The number of halogens is 1. The van der Waals surface area contributed by atoms with E-state index in [4.69, 9.17) is 16.6 Å². The number of benzene rings is 1. The van der Waals surface area contributed by atoms with Crippen molar-refractivity contribution in [3.8, 4) is 10.6 Å². The third kappa shape index (κ3) is 3.22. The van der Waals surface area contributed by atoms with Crippen LogP contribution in [0, 0.1) is 5.92 Å². The van der Waals surface area contributed by atoms with Crippen molar-refractivity contribution in [2.24, 2.45) is 5.92 Å². The Bertz CT molecular complexity index is 581. The molecule has 1 aromatic heterocycles. The zero-order valence-electron chi connectivity index (χ0n) is 11.7. The van der Waals surface area contributed by atoms with Crippen molar-refractivity contribution >= 4 is 22.9 Å². The Balaban J connectivity index is 1.72. The van der Waals surface area contributed by atoms with Crippen molar-refractivity contribution in [3.63, 3.8) is 0 Å². The van der Waals surface area contributed by atoms with Crippen LogP contribution < -0.4 is 0 Å². The van der Waals surface area contributed by atoms with Crippen LogP contribution in [0.3, 0.4) is 0 Å². The van der Waals surface area contributed by atoms with Gasteiger partial charge in [0, 0.05) is 24.0 Å². The number of hydrogen-bond donors (Lipinski definition) is 0. The lowest BCUT2D eigenvalue weighted by atomic mass is 10.0. The third-order valence-electron chi connectivity index (χ3n) is 3.78. The summed E-state index contributed by atoms with van der Waals surface area (Å²) in [6.07, 6.45) is 2.67. The molecule has 2 nitrogen and oxygen atoms in total. The molecule has 2 heterocycles. The van der Waals surface area contributed by atoms with Crippen LogP contribution in [0.25, 0.3) is 10.6 Å². The van der Waals surface area contributed by atoms with Crippen LogP contribution in [-0.4, -0.2) is 23.0 Å². The van der Waals surface area contributed by atoms with Crippen LogP contribution >= 0.6 is 22.9 Å². The number of piperidine rings is 1. The zero-order valence-corrected chi connectivity index (χ0v) is 13.3. The number of nitrogens with zero attached hydrogens (tertiary/aromatic N) is 2. The van der Waals surface area contributed by atoms with Crippen LogP contribution in [0.15, 0.2) is 29.6 Å². The first-order valence-corrected chi connectivity index (χ1v) is 8.40. The van der Waals surface area contributed by atoms with E-state index >= 15 is 0 Å². The quantitative estimate of drug-likeness (QED) is 0.817. The van der Waals surface area contributed by atoms with Crippen molar-refractivity contribution in [2.45, 2.75) is 26.3 Å². The van der Waals surface area contributed by atoms with Gasteiger partial charge in [-0.05, 0) is 31.4 Å². The minimum absolute atomic E-state index is 0.778. The lowest BCUT2D eigenvalue weighted by molar-refractivity contribution is 0.175. The van der Waals surface area contributed by atoms with Gasteiger partial charge in [0.25, 0.3) is 0 Å². The highest BCUT2D eigenvalue weighted by Crippen LogP contribution is 2.30. The number of hydrogen-bond acceptors (Lipinski definition) is 3. The second kappa shape index (κ2) is 6.25. The molecule has 1 fully saturated rings. The van der Waals surface area contributed by atoms with Gasteiger partial charge in [0.05, 0.1) is 10.7 Å². The first-order chi connectivity index (χ1) is 9.72. The van der Waals surface area contributed by atoms with E-state index in [1.54, 1.807) is 11.3 Å². The number of rotatable bonds is 3. The standard InChI is InChI=1S/C16H19ClN2S/c1-12-5-4-8-19(9-12)10-13-11-20-16(18-13)14-6-2-3-7-15(14)17/h2-3,6-7,11-12H,4-5,8-10H2,1H3. The third-order valence-corrected chi connectivity index (χ3v) is 5.04. The maximum Gasteiger partial charge on any atom is 0.125 e. The summed E-state index contributed by atoms with van der Waals surface area (Å²) in [6, 6.07) is 7.92. The maximum absolute atomic E-state index is 6.24. The van der Waals surface area contributed by atoms with Gasteiger partial charge in [-0.2, -0.15) is 0 Å². The van der Waals surface area contributed by atoms with Gasteiger partial charge < -0.3 is 0 Å². The van der Waals surface area contributed by atoms with Crippen molar-refractivity contribution in [1.82, 2.24) is 9.88 Å². The molecule has 2 aromatic rings. The molecule has 106 valence electrons. The summed E-state index contributed by atoms with van der Waals surface area (Å²) in [6.45, 7) is 5.69. The Morgan fingerprint density at radius 1 is 1.40 bits per heavy atom. The Labute approximate surface area is 129 Å². The summed E-state index contributed by atoms with van der Waals surface area (Å²) < 4.78 is 0. The number of aromatic nitrogens is 1. The molecule has 20 heavy (non-hydrogen) atoms. The normalized spacial score (nSPS) is 20.2. The molecular formula is C16H19ClN2S. The smallest absolute Gasteiger partial charge is 0.125 e. The molecule has 0 radical (unpaired) electrons. The molecule has 1 aromatic carbocycles. The molecule has 1 saturated heterocycles. The van der Waals surface area contributed by atoms with E-state index in [1.165, 1.54) is 31.6 Å². The zero-order chi connectivity index (χ0) is 13.9. The average Bonchev–Trinajstić information content (AvgIpc) is 2.87. The van der Waals surface area contributed by atoms with E-state index in [-0.39, 0.29) is 0 Å². The fraction of sp³-hybridized carbons (Fsp3) is 0.438. The molecule has 3 rings (SSSR count). The Morgan fingerprint density at radius 2 is 2.25 bits per heavy atom. The van der Waals surface area contributed by atoms with E-state index in [0.29, 0.717) is 0 Å². The van der Waals surface area contributed by atoms with Gasteiger partial charge in [0.15, 0.2) is 0 Å². The lowest BCUT2D eigenvalue weighted by Gasteiger charge is -2.30. The molecule has 0 saturated carbocycles. The molecular weight excluding hydrogens is 288 g/mol. The summed E-state index contributed by atoms with van der Waals surface area (Å²) in [7, 11) is 0. The fourth-order valence-corrected chi connectivity index (χ4v) is 3.93. The topological polar surface area (TPSA) is 16.1 Å². The van der Waals surface area contributed by atoms with Crippen molar-refractivity contribution < 1.29 is 0 Å². The first kappa shape index (κ1) is 14.1. The van der Waals surface area contributed by atoms with E-state index in [9.17, 15) is 0 Å². The molecule has 0 N–H and O–H groups in total. The molecule has 4 heteroatoms. The van der Waals surface area contributed by atoms with Crippen LogP contribution in [0.4, 0.5) is 0 Å². The van der Waals surface area contributed by atoms with Crippen molar-refractivity contribution in [3.05, 3.63) is 40.4 Å². The molecule has 1 aliphatic heterocycles. The van der Waals surface area contributed by atoms with E-state index in [0.717, 1.165) is 28.1 Å². The average molecular weight is 307 g/mol. The summed E-state index contributed by atoms with van der Waals surface area (Å²) in [5.41, 5.74) is 2.21. The van der Waals surface area contributed by atoms with Gasteiger partial charge in [0.1, 0.15) is 5.01 Å². The van der Waals surface area contributed by atoms with Gasteiger partial charge in [0.2, 0.25) is 0 Å². The van der Waals surface area contributed by atoms with Crippen molar-refractivity contribution in [2.75, 3.05) is 13.1 Å². The molecule has 1 aliphatic rings. The first-order valence-electron chi connectivity index (χ1n) is 7.14. The molecule has 1 atom stereocenters. The predicted octanol–water partition coefficient (Wildman–Crippen LogP) is 4.70. The monoisotopic (exact) mass is 306 g/mol. The van der Waals surface area contributed by atoms with Gasteiger partial charge >= 0.3 is 0 Å². The van der Waals surface area contributed by atoms with E-state index in [1.807, 2.05) is 24.3 Å². The summed E-state index contributed by atoms with van der Waals surface area (Å²) in [4.78, 5) is 7.27. The fourth-order valence-electron chi connectivity index (χ4n) is 2.80. The summed E-state index contributed by atoms with van der Waals surface area (Å²) >= 11 is 7.92. The minimum Gasteiger partial charge on any atom is -0.297 e. The van der Waals surface area contributed by atoms with E-state index in [2.05, 4.69) is 17.2 Å². The van der Waals surface area contributed by atoms with E-state index < -0.39 is 0 Å². The van der Waals surface area contributed by atoms with Gasteiger partial charge in [-0.1, -0.05) is 36.7 Å². The molecule has 0 spiro atoms. The largest absolute Gasteiger partial charge is 0.297 e. The van der Waals surface area contributed by atoms with Crippen molar-refractivity contribution in [1.29, 1.82) is 0 Å². The number of likely N-dealkylation sites (tertiary alicyclic amines) is 1. The Kier molecular flexibility index (Phi) is 4.39. The molecule has 0 aliphatic carbocycles. The van der Waals surface area contributed by atoms with Gasteiger partial charge in [-0.15, -0.1) is 11.3 Å².